The summed E-state index contributed by atoms with van der Waals surface area (Å²) in [4.78, 5) is 22.9. The summed E-state index contributed by atoms with van der Waals surface area (Å²) in [5, 5.41) is 20.7. The summed E-state index contributed by atoms with van der Waals surface area (Å²) in [5.74, 6) is -1.06. The number of H-pyrrole nitrogens is 1. The Balaban J connectivity index is 2.61. The van der Waals surface area contributed by atoms with Gasteiger partial charge in [0.1, 0.15) is 6.04 Å². The first-order valence-electron chi connectivity index (χ1n) is 6.00. The van der Waals surface area contributed by atoms with Gasteiger partial charge in [-0.1, -0.05) is 20.8 Å². The molecule has 106 valence electrons. The van der Waals surface area contributed by atoms with Crippen LogP contribution in [0.15, 0.2) is 12.4 Å². The molecule has 0 radical (unpaired) electrons. The van der Waals surface area contributed by atoms with Gasteiger partial charge in [-0.15, -0.1) is 0 Å². The van der Waals surface area contributed by atoms with Crippen LogP contribution in [0.2, 0.25) is 0 Å². The minimum Gasteiger partial charge on any atom is -0.480 e. The third-order valence-electron chi connectivity index (χ3n) is 2.76. The highest BCUT2D eigenvalue weighted by Crippen LogP contribution is 2.19. The molecule has 0 bridgehead atoms. The van der Waals surface area contributed by atoms with Crippen molar-refractivity contribution < 1.29 is 14.7 Å². The predicted molar refractivity (Wildman–Crippen MR) is 69.5 cm³/mol. The van der Waals surface area contributed by atoms with Crippen molar-refractivity contribution in [2.45, 2.75) is 39.8 Å². The Morgan fingerprint density at radius 2 is 2.00 bits per heavy atom. The zero-order valence-electron chi connectivity index (χ0n) is 11.5. The van der Waals surface area contributed by atoms with Crippen molar-refractivity contribution >= 4 is 12.0 Å². The molecule has 1 rings (SSSR count). The van der Waals surface area contributed by atoms with Crippen LogP contribution in [0, 0.1) is 5.41 Å². The number of aromatic amines is 1. The fourth-order valence-corrected chi connectivity index (χ4v) is 1.60. The average molecular weight is 268 g/mol. The molecular weight excluding hydrogens is 248 g/mol. The van der Waals surface area contributed by atoms with E-state index in [2.05, 4.69) is 20.8 Å². The second-order valence-corrected chi connectivity index (χ2v) is 5.51. The van der Waals surface area contributed by atoms with Crippen LogP contribution in [0.5, 0.6) is 0 Å². The number of nitrogens with zero attached hydrogens (tertiary/aromatic N) is 1. The molecule has 1 aromatic rings. The van der Waals surface area contributed by atoms with Crippen molar-refractivity contribution in [1.82, 2.24) is 20.8 Å². The zero-order chi connectivity index (χ0) is 14.6. The number of carbonyl (C=O) groups is 2. The van der Waals surface area contributed by atoms with Crippen LogP contribution in [0.1, 0.15) is 39.3 Å². The lowest BCUT2D eigenvalue weighted by Gasteiger charge is -2.28. The molecule has 2 amide bonds. The third kappa shape index (κ3) is 4.27. The third-order valence-corrected chi connectivity index (χ3v) is 2.76. The fourth-order valence-electron chi connectivity index (χ4n) is 1.60. The van der Waals surface area contributed by atoms with Crippen LogP contribution in [0.3, 0.4) is 0 Å². The van der Waals surface area contributed by atoms with Gasteiger partial charge in [0.25, 0.3) is 0 Å². The molecule has 19 heavy (non-hydrogen) atoms. The molecular formula is C12H20N4O3. The van der Waals surface area contributed by atoms with E-state index in [-0.39, 0.29) is 6.04 Å². The highest BCUT2D eigenvalue weighted by Gasteiger charge is 2.32. The lowest BCUT2D eigenvalue weighted by Crippen LogP contribution is -2.52. The van der Waals surface area contributed by atoms with Crippen LogP contribution >= 0.6 is 0 Å². The van der Waals surface area contributed by atoms with Gasteiger partial charge >= 0.3 is 12.0 Å². The standard InChI is InChI=1S/C12H20N4O3/c1-7(8-5-13-14-6-8)15-11(19)16-9(10(17)18)12(2,3)4/h5-7,9H,1-4H3,(H,13,14)(H,17,18)(H2,15,16,19). The number of carbonyl (C=O) groups excluding carboxylic acids is 1. The second-order valence-electron chi connectivity index (χ2n) is 5.51. The minimum absolute atomic E-state index is 0.256. The molecule has 7 heteroatoms. The zero-order valence-corrected chi connectivity index (χ0v) is 11.5. The van der Waals surface area contributed by atoms with Crippen molar-refractivity contribution in [2.75, 3.05) is 0 Å². The van der Waals surface area contributed by atoms with E-state index >= 15 is 0 Å². The van der Waals surface area contributed by atoms with Gasteiger partial charge in [-0.05, 0) is 12.3 Å². The maximum Gasteiger partial charge on any atom is 0.326 e. The van der Waals surface area contributed by atoms with E-state index in [9.17, 15) is 9.59 Å². The van der Waals surface area contributed by atoms with Gasteiger partial charge in [0.05, 0.1) is 12.2 Å². The first kappa shape index (κ1) is 15.0. The van der Waals surface area contributed by atoms with E-state index in [0.717, 1.165) is 5.56 Å². The smallest absolute Gasteiger partial charge is 0.326 e. The van der Waals surface area contributed by atoms with Crippen molar-refractivity contribution in [2.24, 2.45) is 5.41 Å². The van der Waals surface area contributed by atoms with E-state index in [1.807, 2.05) is 0 Å². The Bertz CT molecular complexity index is 436. The van der Waals surface area contributed by atoms with Gasteiger partial charge in [-0.2, -0.15) is 5.10 Å². The summed E-state index contributed by atoms with van der Waals surface area (Å²) in [6, 6.07) is -1.73. The molecule has 7 nitrogen and oxygen atoms in total. The van der Waals surface area contributed by atoms with Gasteiger partial charge in [0, 0.05) is 11.8 Å². The molecule has 1 aromatic heterocycles. The van der Waals surface area contributed by atoms with Gasteiger partial charge < -0.3 is 15.7 Å². The largest absolute Gasteiger partial charge is 0.480 e. The number of urea groups is 1. The molecule has 0 aliphatic rings. The summed E-state index contributed by atoms with van der Waals surface area (Å²) in [6.07, 6.45) is 3.27. The maximum absolute atomic E-state index is 11.8. The molecule has 2 unspecified atom stereocenters. The number of rotatable bonds is 4. The Kier molecular flexibility index (Phi) is 4.52. The molecule has 0 aliphatic carbocycles. The van der Waals surface area contributed by atoms with Gasteiger partial charge in [0.15, 0.2) is 0 Å². The Hall–Kier alpha value is -2.05. The van der Waals surface area contributed by atoms with Crippen LogP contribution in [-0.4, -0.2) is 33.3 Å². The highest BCUT2D eigenvalue weighted by molar-refractivity contribution is 5.83. The molecule has 0 spiro atoms. The number of amides is 2. The number of carboxylic acid groups (broad SMARTS) is 1. The fraction of sp³-hybridized carbons (Fsp3) is 0.583. The number of hydrogen-bond donors (Lipinski definition) is 4. The maximum atomic E-state index is 11.8. The number of carboxylic acids is 1. The average Bonchev–Trinajstić information content (AvgIpc) is 2.77. The molecule has 0 aliphatic heterocycles. The number of aromatic nitrogens is 2. The normalized spacial score (nSPS) is 14.5. The molecule has 2 atom stereocenters. The van der Waals surface area contributed by atoms with E-state index < -0.39 is 23.5 Å². The monoisotopic (exact) mass is 268 g/mol. The van der Waals surface area contributed by atoms with Gasteiger partial charge in [0.2, 0.25) is 0 Å². The van der Waals surface area contributed by atoms with Gasteiger partial charge in [-0.3, -0.25) is 5.10 Å². The molecule has 0 saturated carbocycles. The molecule has 0 fully saturated rings. The Labute approximate surface area is 111 Å². The summed E-state index contributed by atoms with van der Waals surface area (Å²) >= 11 is 0. The van der Waals surface area contributed by atoms with Crippen molar-refractivity contribution in [3.8, 4) is 0 Å². The van der Waals surface area contributed by atoms with Crippen LogP contribution < -0.4 is 10.6 Å². The topological polar surface area (TPSA) is 107 Å². The number of nitrogens with one attached hydrogen (secondary N) is 3. The summed E-state index contributed by atoms with van der Waals surface area (Å²) in [6.45, 7) is 7.06. The number of aliphatic carboxylic acids is 1. The lowest BCUT2D eigenvalue weighted by molar-refractivity contribution is -0.141. The van der Waals surface area contributed by atoms with Crippen LogP contribution in [-0.2, 0) is 4.79 Å². The quantitative estimate of drug-likeness (QED) is 0.659. The summed E-state index contributed by atoms with van der Waals surface area (Å²) in [7, 11) is 0. The SMILES string of the molecule is CC(NC(=O)NC(C(=O)O)C(C)(C)C)c1cn[nH]c1. The Morgan fingerprint density at radius 1 is 1.37 bits per heavy atom. The Morgan fingerprint density at radius 3 is 2.42 bits per heavy atom. The summed E-state index contributed by atoms with van der Waals surface area (Å²) < 4.78 is 0. The van der Waals surface area contributed by atoms with E-state index in [1.165, 1.54) is 0 Å². The first-order chi connectivity index (χ1) is 8.71. The van der Waals surface area contributed by atoms with Crippen molar-refractivity contribution in [1.29, 1.82) is 0 Å². The first-order valence-corrected chi connectivity index (χ1v) is 6.00. The van der Waals surface area contributed by atoms with Crippen molar-refractivity contribution in [3.05, 3.63) is 18.0 Å². The molecule has 0 aromatic carbocycles. The number of hydrogen-bond acceptors (Lipinski definition) is 3. The van der Waals surface area contributed by atoms with E-state index in [1.54, 1.807) is 40.1 Å². The minimum atomic E-state index is -1.06. The highest BCUT2D eigenvalue weighted by atomic mass is 16.4. The molecule has 0 saturated heterocycles. The molecule has 1 heterocycles. The van der Waals surface area contributed by atoms with Crippen LogP contribution in [0.25, 0.3) is 0 Å². The molecule has 4 N–H and O–H groups in total. The predicted octanol–water partition coefficient (Wildman–Crippen LogP) is 1.27. The van der Waals surface area contributed by atoms with Gasteiger partial charge in [-0.25, -0.2) is 9.59 Å². The van der Waals surface area contributed by atoms with Crippen LogP contribution in [0.4, 0.5) is 4.79 Å². The van der Waals surface area contributed by atoms with E-state index in [4.69, 9.17) is 5.11 Å². The lowest BCUT2D eigenvalue weighted by atomic mass is 9.87. The van der Waals surface area contributed by atoms with Crippen molar-refractivity contribution in [3.63, 3.8) is 0 Å². The summed E-state index contributed by atoms with van der Waals surface area (Å²) in [5.41, 5.74) is 0.250. The van der Waals surface area contributed by atoms with E-state index in [0.29, 0.717) is 0 Å². The second kappa shape index (κ2) is 5.73.